The van der Waals surface area contributed by atoms with Gasteiger partial charge in [0.15, 0.2) is 0 Å². The smallest absolute Gasteiger partial charge is 0.144 e. The Bertz CT molecular complexity index is 681. The highest BCUT2D eigenvalue weighted by molar-refractivity contribution is 6.33. The molecule has 146 valence electrons. The average Bonchev–Trinajstić information content (AvgIpc) is 2.54. The van der Waals surface area contributed by atoms with E-state index < -0.39 is 0 Å². The second-order valence-electron chi connectivity index (χ2n) is 9.29. The van der Waals surface area contributed by atoms with Crippen molar-refractivity contribution in [2.75, 3.05) is 26.9 Å². The first-order valence-electron chi connectivity index (χ1n) is 9.35. The third-order valence-corrected chi connectivity index (χ3v) is 5.61. The van der Waals surface area contributed by atoms with Gasteiger partial charge in [-0.15, -0.1) is 0 Å². The molecular weight excluding hydrogens is 352 g/mol. The number of benzene rings is 1. The van der Waals surface area contributed by atoms with Gasteiger partial charge >= 0.3 is 0 Å². The molecule has 0 saturated carbocycles. The van der Waals surface area contributed by atoms with Crippen LogP contribution in [0.25, 0.3) is 0 Å². The number of hydrogen-bond donors (Lipinski definition) is 0. The first kappa shape index (κ1) is 19.8. The monoisotopic (exact) mass is 382 g/mol. The molecule has 2 fully saturated rings. The third kappa shape index (κ3) is 3.32. The minimum absolute atomic E-state index is 0.0139. The molecule has 1 aromatic rings. The van der Waals surface area contributed by atoms with Crippen LogP contribution in [0.1, 0.15) is 64.9 Å². The summed E-state index contributed by atoms with van der Waals surface area (Å²) in [5, 5.41) is 0.587. The number of ether oxygens (including phenoxy) is 4. The van der Waals surface area contributed by atoms with E-state index in [0.717, 1.165) is 23.5 Å². The fourth-order valence-corrected chi connectivity index (χ4v) is 3.99. The van der Waals surface area contributed by atoms with E-state index in [1.165, 1.54) is 0 Å². The van der Waals surface area contributed by atoms with Crippen LogP contribution in [-0.4, -0.2) is 26.9 Å². The lowest BCUT2D eigenvalue weighted by atomic mass is 9.75. The Kier molecular flexibility index (Phi) is 5.24. The molecule has 2 atom stereocenters. The van der Waals surface area contributed by atoms with Crippen molar-refractivity contribution in [2.24, 2.45) is 16.7 Å². The van der Waals surface area contributed by atoms with Gasteiger partial charge in [-0.05, 0) is 12.0 Å². The highest BCUT2D eigenvalue weighted by Crippen LogP contribution is 2.57. The molecule has 0 aromatic heterocycles. The Labute approximate surface area is 162 Å². The summed E-state index contributed by atoms with van der Waals surface area (Å²) in [5.41, 5.74) is 1.90. The Morgan fingerprint density at radius 2 is 1.69 bits per heavy atom. The largest absolute Gasteiger partial charge is 0.496 e. The molecule has 26 heavy (non-hydrogen) atoms. The van der Waals surface area contributed by atoms with E-state index in [4.69, 9.17) is 30.5 Å². The molecule has 5 heteroatoms. The standard InChI is InChI=1S/C21H31ClO4/c1-12(2)9-24-17-13(18-20(3,4)10-25-18)8-14(23-7)15(16(17)22)19-21(5,6)11-26-19/h8,12,18-19H,9-11H2,1-7H3. The number of halogens is 1. The summed E-state index contributed by atoms with van der Waals surface area (Å²) >= 11 is 6.89. The summed E-state index contributed by atoms with van der Waals surface area (Å²) in [7, 11) is 1.67. The summed E-state index contributed by atoms with van der Waals surface area (Å²) in [5.74, 6) is 1.85. The van der Waals surface area contributed by atoms with Crippen molar-refractivity contribution in [3.63, 3.8) is 0 Å². The molecule has 2 aliphatic rings. The zero-order valence-corrected chi connectivity index (χ0v) is 17.7. The van der Waals surface area contributed by atoms with Crippen molar-refractivity contribution in [1.29, 1.82) is 0 Å². The summed E-state index contributed by atoms with van der Waals surface area (Å²) in [6.07, 6.45) is -0.156. The van der Waals surface area contributed by atoms with Crippen molar-refractivity contribution in [3.05, 3.63) is 22.2 Å². The van der Waals surface area contributed by atoms with Crippen molar-refractivity contribution < 1.29 is 18.9 Å². The summed E-state index contributed by atoms with van der Waals surface area (Å²) in [4.78, 5) is 0. The zero-order valence-electron chi connectivity index (χ0n) is 16.9. The molecule has 2 aliphatic heterocycles. The molecule has 0 bridgehead atoms. The fourth-order valence-electron chi connectivity index (χ4n) is 3.63. The van der Waals surface area contributed by atoms with E-state index in [2.05, 4.69) is 41.5 Å². The lowest BCUT2D eigenvalue weighted by Crippen LogP contribution is -2.42. The number of hydrogen-bond acceptors (Lipinski definition) is 4. The fraction of sp³-hybridized carbons (Fsp3) is 0.714. The first-order chi connectivity index (χ1) is 12.1. The highest BCUT2D eigenvalue weighted by Gasteiger charge is 2.47. The topological polar surface area (TPSA) is 36.9 Å². The van der Waals surface area contributed by atoms with Crippen molar-refractivity contribution in [1.82, 2.24) is 0 Å². The quantitative estimate of drug-likeness (QED) is 0.643. The summed E-state index contributed by atoms with van der Waals surface area (Å²) in [6, 6.07) is 2.03. The molecule has 2 unspecified atom stereocenters. The molecule has 3 rings (SSSR count). The third-order valence-electron chi connectivity index (χ3n) is 5.24. The van der Waals surface area contributed by atoms with Crippen LogP contribution in [0.5, 0.6) is 11.5 Å². The number of methoxy groups -OCH3 is 1. The molecule has 0 aliphatic carbocycles. The van der Waals surface area contributed by atoms with Gasteiger partial charge in [0.1, 0.15) is 11.5 Å². The van der Waals surface area contributed by atoms with Gasteiger partial charge in [-0.3, -0.25) is 0 Å². The summed E-state index contributed by atoms with van der Waals surface area (Å²) in [6.45, 7) is 15.0. The van der Waals surface area contributed by atoms with Gasteiger partial charge in [-0.1, -0.05) is 53.1 Å². The lowest BCUT2D eigenvalue weighted by Gasteiger charge is -2.47. The first-order valence-corrected chi connectivity index (χ1v) is 9.72. The van der Waals surface area contributed by atoms with E-state index in [0.29, 0.717) is 29.9 Å². The van der Waals surface area contributed by atoms with Crippen LogP contribution >= 0.6 is 11.6 Å². The molecule has 0 radical (unpaired) electrons. The zero-order chi connectivity index (χ0) is 19.3. The Balaban J connectivity index is 2.11. The SMILES string of the molecule is COc1cc(C2OCC2(C)C)c(OCC(C)C)c(Cl)c1C1OCC1(C)C. The minimum Gasteiger partial charge on any atom is -0.496 e. The van der Waals surface area contributed by atoms with Crippen molar-refractivity contribution in [3.8, 4) is 11.5 Å². The molecule has 4 nitrogen and oxygen atoms in total. The van der Waals surface area contributed by atoms with E-state index in [1.807, 2.05) is 6.07 Å². The second kappa shape index (κ2) is 6.88. The van der Waals surface area contributed by atoms with Gasteiger partial charge in [0.05, 0.1) is 44.2 Å². The van der Waals surface area contributed by atoms with E-state index in [-0.39, 0.29) is 23.0 Å². The molecule has 0 N–H and O–H groups in total. The van der Waals surface area contributed by atoms with Gasteiger partial charge in [0.2, 0.25) is 0 Å². The van der Waals surface area contributed by atoms with E-state index in [1.54, 1.807) is 7.11 Å². The second-order valence-corrected chi connectivity index (χ2v) is 9.67. The molecular formula is C21H31ClO4. The predicted molar refractivity (Wildman–Crippen MR) is 103 cm³/mol. The van der Waals surface area contributed by atoms with Gasteiger partial charge in [-0.25, -0.2) is 0 Å². The number of rotatable bonds is 6. The van der Waals surface area contributed by atoms with Crippen LogP contribution in [0.4, 0.5) is 0 Å². The summed E-state index contributed by atoms with van der Waals surface area (Å²) < 4.78 is 23.6. The van der Waals surface area contributed by atoms with Crippen LogP contribution < -0.4 is 9.47 Å². The van der Waals surface area contributed by atoms with Gasteiger partial charge in [-0.2, -0.15) is 0 Å². The molecule has 0 amide bonds. The van der Waals surface area contributed by atoms with E-state index in [9.17, 15) is 0 Å². The van der Waals surface area contributed by atoms with Crippen molar-refractivity contribution >= 4 is 11.6 Å². The molecule has 0 spiro atoms. The minimum atomic E-state index is -0.101. The lowest BCUT2D eigenvalue weighted by molar-refractivity contribution is -0.174. The van der Waals surface area contributed by atoms with Crippen LogP contribution in [-0.2, 0) is 9.47 Å². The highest BCUT2D eigenvalue weighted by atomic mass is 35.5. The van der Waals surface area contributed by atoms with Gasteiger partial charge < -0.3 is 18.9 Å². The van der Waals surface area contributed by atoms with Gasteiger partial charge in [0, 0.05) is 22.0 Å². The molecule has 2 saturated heterocycles. The maximum Gasteiger partial charge on any atom is 0.144 e. The van der Waals surface area contributed by atoms with Crippen LogP contribution in [0, 0.1) is 16.7 Å². The Hall–Kier alpha value is -0.970. The Morgan fingerprint density at radius 1 is 1.12 bits per heavy atom. The predicted octanol–water partition coefficient (Wildman–Crippen LogP) is 5.58. The van der Waals surface area contributed by atoms with Crippen LogP contribution in [0.15, 0.2) is 6.07 Å². The molecule has 1 aromatic carbocycles. The van der Waals surface area contributed by atoms with Crippen molar-refractivity contribution in [2.45, 2.75) is 53.8 Å². The normalized spacial score (nSPS) is 26.2. The van der Waals surface area contributed by atoms with Gasteiger partial charge in [0.25, 0.3) is 0 Å². The van der Waals surface area contributed by atoms with Crippen LogP contribution in [0.3, 0.4) is 0 Å². The van der Waals surface area contributed by atoms with Crippen LogP contribution in [0.2, 0.25) is 5.02 Å². The Morgan fingerprint density at radius 3 is 2.08 bits per heavy atom. The average molecular weight is 383 g/mol. The maximum absolute atomic E-state index is 6.89. The molecule has 2 heterocycles. The van der Waals surface area contributed by atoms with E-state index >= 15 is 0 Å². The maximum atomic E-state index is 6.89.